The SMILES string of the molecule is Cc1cc(C(C)(C)C)c(N=C=S)c(C(C)(C)C)c1. The van der Waals surface area contributed by atoms with Crippen molar-refractivity contribution >= 4 is 23.1 Å². The average molecular weight is 261 g/mol. The van der Waals surface area contributed by atoms with E-state index in [0.29, 0.717) is 0 Å². The van der Waals surface area contributed by atoms with Crippen LogP contribution in [0, 0.1) is 6.92 Å². The number of hydrogen-bond donors (Lipinski definition) is 0. The van der Waals surface area contributed by atoms with Crippen molar-refractivity contribution in [3.05, 3.63) is 28.8 Å². The molecule has 0 heterocycles. The predicted octanol–water partition coefficient (Wildman–Crippen LogP) is 5.32. The predicted molar refractivity (Wildman–Crippen MR) is 83.3 cm³/mol. The minimum atomic E-state index is 0.0526. The fourth-order valence-corrected chi connectivity index (χ4v) is 2.18. The first-order chi connectivity index (χ1) is 8.07. The van der Waals surface area contributed by atoms with Crippen molar-refractivity contribution < 1.29 is 0 Å². The van der Waals surface area contributed by atoms with Crippen LogP contribution in [0.25, 0.3) is 0 Å². The van der Waals surface area contributed by atoms with Gasteiger partial charge in [0.15, 0.2) is 0 Å². The molecule has 0 atom stereocenters. The maximum Gasteiger partial charge on any atom is 0.0814 e. The van der Waals surface area contributed by atoms with E-state index in [9.17, 15) is 0 Å². The van der Waals surface area contributed by atoms with Crippen molar-refractivity contribution in [1.29, 1.82) is 0 Å². The summed E-state index contributed by atoms with van der Waals surface area (Å²) < 4.78 is 0. The molecule has 0 unspecified atom stereocenters. The normalized spacial score (nSPS) is 12.2. The summed E-state index contributed by atoms with van der Waals surface area (Å²) in [6, 6.07) is 4.42. The largest absolute Gasteiger partial charge is 0.194 e. The molecule has 0 saturated carbocycles. The summed E-state index contributed by atoms with van der Waals surface area (Å²) in [5.74, 6) is 0. The molecule has 0 aromatic heterocycles. The second kappa shape index (κ2) is 4.95. The number of isothiocyanates is 1. The van der Waals surface area contributed by atoms with Crippen LogP contribution >= 0.6 is 12.2 Å². The van der Waals surface area contributed by atoms with Gasteiger partial charge < -0.3 is 0 Å². The first kappa shape index (κ1) is 15.1. The van der Waals surface area contributed by atoms with E-state index in [1.54, 1.807) is 0 Å². The van der Waals surface area contributed by atoms with Crippen LogP contribution in [0.3, 0.4) is 0 Å². The highest BCUT2D eigenvalue weighted by atomic mass is 32.1. The monoisotopic (exact) mass is 261 g/mol. The number of hydrogen-bond acceptors (Lipinski definition) is 2. The molecule has 0 aliphatic rings. The van der Waals surface area contributed by atoms with Crippen molar-refractivity contribution in [1.82, 2.24) is 0 Å². The van der Waals surface area contributed by atoms with Gasteiger partial charge in [0.05, 0.1) is 10.8 Å². The Kier molecular flexibility index (Phi) is 4.15. The van der Waals surface area contributed by atoms with E-state index in [1.165, 1.54) is 16.7 Å². The van der Waals surface area contributed by atoms with Gasteiger partial charge in [-0.15, -0.1) is 0 Å². The van der Waals surface area contributed by atoms with Gasteiger partial charge in [0.25, 0.3) is 0 Å². The Labute approximate surface area is 116 Å². The standard InChI is InChI=1S/C16H23NS/c1-11-8-12(15(2,3)4)14(17-10-18)13(9-11)16(5,6)7/h8-9H,1-7H3. The van der Waals surface area contributed by atoms with E-state index >= 15 is 0 Å². The topological polar surface area (TPSA) is 12.4 Å². The first-order valence-corrected chi connectivity index (χ1v) is 6.71. The maximum atomic E-state index is 4.82. The van der Waals surface area contributed by atoms with E-state index in [4.69, 9.17) is 12.2 Å². The number of aliphatic imine (C=N–C) groups is 1. The van der Waals surface area contributed by atoms with E-state index < -0.39 is 0 Å². The molecule has 0 aliphatic carbocycles. The van der Waals surface area contributed by atoms with Crippen LogP contribution in [-0.4, -0.2) is 5.16 Å². The van der Waals surface area contributed by atoms with Gasteiger partial charge in [0.1, 0.15) is 0 Å². The Balaban J connectivity index is 3.73. The maximum absolute atomic E-state index is 4.82. The van der Waals surface area contributed by atoms with Crippen LogP contribution in [0.5, 0.6) is 0 Å². The molecule has 18 heavy (non-hydrogen) atoms. The molecule has 2 heteroatoms. The van der Waals surface area contributed by atoms with E-state index in [1.807, 2.05) is 0 Å². The van der Waals surface area contributed by atoms with Gasteiger partial charge in [-0.1, -0.05) is 59.2 Å². The summed E-state index contributed by atoms with van der Waals surface area (Å²) in [7, 11) is 0. The minimum Gasteiger partial charge on any atom is -0.194 e. The highest BCUT2D eigenvalue weighted by Crippen LogP contribution is 2.40. The third kappa shape index (κ3) is 3.28. The summed E-state index contributed by atoms with van der Waals surface area (Å²) in [5.41, 5.74) is 4.85. The zero-order valence-corrected chi connectivity index (χ0v) is 13.3. The fraction of sp³-hybridized carbons (Fsp3) is 0.562. The van der Waals surface area contributed by atoms with Gasteiger partial charge in [-0.2, -0.15) is 4.99 Å². The van der Waals surface area contributed by atoms with Crippen LogP contribution < -0.4 is 0 Å². The van der Waals surface area contributed by atoms with Crippen molar-refractivity contribution in [3.8, 4) is 0 Å². The smallest absolute Gasteiger partial charge is 0.0814 e. The molecular formula is C16H23NS. The van der Waals surface area contributed by atoms with Crippen molar-refractivity contribution in [2.24, 2.45) is 4.99 Å². The number of aryl methyl sites for hydroxylation is 1. The van der Waals surface area contributed by atoms with Crippen LogP contribution in [0.1, 0.15) is 58.2 Å². The van der Waals surface area contributed by atoms with Crippen LogP contribution in [0.2, 0.25) is 0 Å². The van der Waals surface area contributed by atoms with Gasteiger partial charge in [-0.3, -0.25) is 0 Å². The van der Waals surface area contributed by atoms with Gasteiger partial charge >= 0.3 is 0 Å². The van der Waals surface area contributed by atoms with Crippen LogP contribution in [0.15, 0.2) is 17.1 Å². The number of rotatable bonds is 1. The molecule has 1 nitrogen and oxygen atoms in total. The molecule has 0 amide bonds. The van der Waals surface area contributed by atoms with E-state index in [2.05, 4.69) is 70.8 Å². The van der Waals surface area contributed by atoms with Gasteiger partial charge in [0.2, 0.25) is 0 Å². The van der Waals surface area contributed by atoms with Crippen molar-refractivity contribution in [3.63, 3.8) is 0 Å². The number of nitrogens with zero attached hydrogens (tertiary/aromatic N) is 1. The van der Waals surface area contributed by atoms with E-state index in [-0.39, 0.29) is 10.8 Å². The Hall–Kier alpha value is -0.980. The number of thiocarbonyl (C=S) groups is 1. The lowest BCUT2D eigenvalue weighted by atomic mass is 9.78. The molecule has 0 fully saturated rings. The molecular weight excluding hydrogens is 238 g/mol. The average Bonchev–Trinajstić information content (AvgIpc) is 2.17. The van der Waals surface area contributed by atoms with Crippen LogP contribution in [0.4, 0.5) is 5.69 Å². The second-order valence-electron chi connectivity index (χ2n) is 6.91. The molecule has 0 bridgehead atoms. The molecule has 1 aromatic rings. The molecule has 1 rings (SSSR count). The summed E-state index contributed by atoms with van der Waals surface area (Å²) >= 11 is 4.82. The second-order valence-corrected chi connectivity index (χ2v) is 7.09. The lowest BCUT2D eigenvalue weighted by Crippen LogP contribution is -2.17. The van der Waals surface area contributed by atoms with Crippen molar-refractivity contribution in [2.45, 2.75) is 59.3 Å². The molecule has 98 valence electrons. The minimum absolute atomic E-state index is 0.0526. The summed E-state index contributed by atoms with van der Waals surface area (Å²) in [6.45, 7) is 15.4. The van der Waals surface area contributed by atoms with Gasteiger partial charge in [-0.25, -0.2) is 0 Å². The fourth-order valence-electron chi connectivity index (χ4n) is 2.09. The zero-order chi connectivity index (χ0) is 14.1. The molecule has 0 saturated heterocycles. The van der Waals surface area contributed by atoms with Gasteiger partial charge in [0, 0.05) is 0 Å². The third-order valence-electron chi connectivity index (χ3n) is 3.03. The number of benzene rings is 1. The van der Waals surface area contributed by atoms with Gasteiger partial charge in [-0.05, 0) is 41.1 Å². The summed E-state index contributed by atoms with van der Waals surface area (Å²) in [5, 5.41) is 2.54. The summed E-state index contributed by atoms with van der Waals surface area (Å²) in [6.07, 6.45) is 0. The Morgan fingerprint density at radius 1 is 0.944 bits per heavy atom. The first-order valence-electron chi connectivity index (χ1n) is 6.31. The summed E-state index contributed by atoms with van der Waals surface area (Å²) in [4.78, 5) is 4.35. The molecule has 0 aliphatic heterocycles. The molecule has 1 aromatic carbocycles. The lowest BCUT2D eigenvalue weighted by Gasteiger charge is -2.28. The zero-order valence-electron chi connectivity index (χ0n) is 12.5. The van der Waals surface area contributed by atoms with Crippen LogP contribution in [-0.2, 0) is 10.8 Å². The highest BCUT2D eigenvalue weighted by molar-refractivity contribution is 7.78. The molecule has 0 spiro atoms. The third-order valence-corrected chi connectivity index (χ3v) is 3.12. The van der Waals surface area contributed by atoms with E-state index in [0.717, 1.165) is 5.69 Å². The molecule has 0 N–H and O–H groups in total. The van der Waals surface area contributed by atoms with Crippen molar-refractivity contribution in [2.75, 3.05) is 0 Å². The molecule has 0 radical (unpaired) electrons. The Morgan fingerprint density at radius 2 is 1.33 bits per heavy atom. The lowest BCUT2D eigenvalue weighted by molar-refractivity contribution is 0.570. The quantitative estimate of drug-likeness (QED) is 0.492. The Morgan fingerprint density at radius 3 is 1.61 bits per heavy atom. The Bertz CT molecular complexity index is 460. The highest BCUT2D eigenvalue weighted by Gasteiger charge is 2.25.